The van der Waals surface area contributed by atoms with E-state index in [0.29, 0.717) is 24.2 Å². The molecule has 1 N–H and O–H groups in total. The Morgan fingerprint density at radius 2 is 1.67 bits per heavy atom. The molecule has 2 aliphatic rings. The number of benzene rings is 3. The van der Waals surface area contributed by atoms with E-state index < -0.39 is 6.04 Å². The molecule has 5 heteroatoms. The summed E-state index contributed by atoms with van der Waals surface area (Å²) < 4.78 is 5.46. The highest BCUT2D eigenvalue weighted by Crippen LogP contribution is 2.47. The number of methoxy groups -OCH3 is 1. The van der Waals surface area contributed by atoms with Gasteiger partial charge in [0.1, 0.15) is 5.75 Å². The van der Waals surface area contributed by atoms with Crippen molar-refractivity contribution >= 4 is 23.1 Å². The first-order valence-electron chi connectivity index (χ1n) is 11.2. The number of carbonyl (C=O) groups is 2. The zero-order valence-corrected chi connectivity index (χ0v) is 18.7. The Bertz CT molecular complexity index is 1250. The number of allylic oxidation sites excluding steroid dienone is 1. The molecule has 0 saturated heterocycles. The summed E-state index contributed by atoms with van der Waals surface area (Å²) in [4.78, 5) is 28.5. The molecule has 0 fully saturated rings. The first-order chi connectivity index (χ1) is 16.1. The van der Waals surface area contributed by atoms with Crippen LogP contribution in [0.3, 0.4) is 0 Å². The number of nitrogens with zero attached hydrogens (tertiary/aromatic N) is 1. The van der Waals surface area contributed by atoms with E-state index in [1.807, 2.05) is 66.7 Å². The predicted molar refractivity (Wildman–Crippen MR) is 129 cm³/mol. The van der Waals surface area contributed by atoms with Crippen molar-refractivity contribution in [3.05, 3.63) is 101 Å². The fourth-order valence-electron chi connectivity index (χ4n) is 5.03. The molecule has 3 aromatic rings. The monoisotopic (exact) mass is 438 g/mol. The molecule has 0 saturated carbocycles. The van der Waals surface area contributed by atoms with Crippen LogP contribution in [0.15, 0.2) is 90.1 Å². The fraction of sp³-hybridized carbons (Fsp3) is 0.214. The molecular weight excluding hydrogens is 412 g/mol. The first-order valence-corrected chi connectivity index (χ1v) is 11.2. The molecule has 0 aromatic heterocycles. The first kappa shape index (κ1) is 21.0. The van der Waals surface area contributed by atoms with E-state index in [9.17, 15) is 9.59 Å². The van der Waals surface area contributed by atoms with Crippen molar-refractivity contribution in [1.29, 1.82) is 0 Å². The minimum absolute atomic E-state index is 0.0597. The van der Waals surface area contributed by atoms with Gasteiger partial charge >= 0.3 is 0 Å². The maximum Gasteiger partial charge on any atom is 0.224 e. The molecule has 0 bridgehead atoms. The van der Waals surface area contributed by atoms with Gasteiger partial charge in [0.25, 0.3) is 0 Å². The van der Waals surface area contributed by atoms with Crippen molar-refractivity contribution in [2.45, 2.75) is 31.7 Å². The molecule has 5 nitrogen and oxygen atoms in total. The van der Waals surface area contributed by atoms with E-state index in [1.54, 1.807) is 18.9 Å². The van der Waals surface area contributed by atoms with Gasteiger partial charge in [-0.05, 0) is 47.7 Å². The molecular formula is C28H26N2O3. The highest BCUT2D eigenvalue weighted by Gasteiger charge is 2.40. The molecule has 3 aromatic carbocycles. The fourth-order valence-corrected chi connectivity index (χ4v) is 5.03. The number of ether oxygens (including phenoxy) is 1. The lowest BCUT2D eigenvalue weighted by Crippen LogP contribution is -2.37. The SMILES string of the molecule is COc1cccc([C@@H]2C3=C(C[C@@H](c4ccccc4)CC3=O)Nc3ccccc3N2C(C)=O)c1. The van der Waals surface area contributed by atoms with Crippen LogP contribution < -0.4 is 15.0 Å². The average molecular weight is 439 g/mol. The van der Waals surface area contributed by atoms with Crippen molar-refractivity contribution in [3.63, 3.8) is 0 Å². The van der Waals surface area contributed by atoms with Gasteiger partial charge in [-0.15, -0.1) is 0 Å². The number of anilines is 2. The zero-order chi connectivity index (χ0) is 22.9. The van der Waals surface area contributed by atoms with Crippen molar-refractivity contribution in [3.8, 4) is 5.75 Å². The Morgan fingerprint density at radius 3 is 2.42 bits per heavy atom. The third-order valence-electron chi connectivity index (χ3n) is 6.51. The maximum absolute atomic E-state index is 13.8. The van der Waals surface area contributed by atoms with Crippen molar-refractivity contribution in [1.82, 2.24) is 0 Å². The van der Waals surface area contributed by atoms with E-state index in [-0.39, 0.29) is 17.6 Å². The van der Waals surface area contributed by atoms with Crippen LogP contribution in [-0.4, -0.2) is 18.8 Å². The second-order valence-corrected chi connectivity index (χ2v) is 8.54. The van der Waals surface area contributed by atoms with Crippen molar-refractivity contribution < 1.29 is 14.3 Å². The van der Waals surface area contributed by atoms with Crippen LogP contribution in [-0.2, 0) is 9.59 Å². The van der Waals surface area contributed by atoms with E-state index in [2.05, 4.69) is 17.4 Å². The van der Waals surface area contributed by atoms with Crippen LogP contribution in [0.1, 0.15) is 42.9 Å². The normalized spacial score (nSPS) is 19.8. The third-order valence-corrected chi connectivity index (χ3v) is 6.51. The zero-order valence-electron chi connectivity index (χ0n) is 18.7. The summed E-state index contributed by atoms with van der Waals surface area (Å²) >= 11 is 0. The maximum atomic E-state index is 13.8. The largest absolute Gasteiger partial charge is 0.497 e. The number of ketones is 1. The molecule has 1 amide bonds. The second kappa shape index (κ2) is 8.58. The molecule has 33 heavy (non-hydrogen) atoms. The van der Waals surface area contributed by atoms with Crippen LogP contribution in [0, 0.1) is 0 Å². The molecule has 1 aliphatic carbocycles. The highest BCUT2D eigenvalue weighted by molar-refractivity contribution is 6.06. The highest BCUT2D eigenvalue weighted by atomic mass is 16.5. The Balaban J connectivity index is 1.71. The molecule has 0 radical (unpaired) electrons. The smallest absolute Gasteiger partial charge is 0.224 e. The lowest BCUT2D eigenvalue weighted by Gasteiger charge is -2.34. The van der Waals surface area contributed by atoms with Crippen LogP contribution in [0.5, 0.6) is 5.75 Å². The lowest BCUT2D eigenvalue weighted by atomic mass is 9.78. The summed E-state index contributed by atoms with van der Waals surface area (Å²) in [5, 5.41) is 3.54. The van der Waals surface area contributed by atoms with Crippen molar-refractivity contribution in [2.75, 3.05) is 17.3 Å². The number of hydrogen-bond donors (Lipinski definition) is 1. The van der Waals surface area contributed by atoms with Crippen molar-refractivity contribution in [2.24, 2.45) is 0 Å². The summed E-state index contributed by atoms with van der Waals surface area (Å²) in [5.41, 5.74) is 5.12. The number of carbonyl (C=O) groups excluding carboxylic acids is 2. The standard InChI is InChI=1S/C28H26N2O3/c1-18(31)30-25-14-7-6-13-23(25)29-24-16-21(19-9-4-3-5-10-19)17-26(32)27(24)28(30)20-11-8-12-22(15-20)33-2/h3-15,21,28-29H,16-17H2,1-2H3/t21-,28-/m1/s1. The van der Waals surface area contributed by atoms with Gasteiger partial charge in [-0.2, -0.15) is 0 Å². The molecule has 0 unspecified atom stereocenters. The van der Waals surface area contributed by atoms with E-state index >= 15 is 0 Å². The van der Waals surface area contributed by atoms with Gasteiger partial charge in [0, 0.05) is 24.6 Å². The van der Waals surface area contributed by atoms with Gasteiger partial charge in [-0.3, -0.25) is 14.5 Å². The predicted octanol–water partition coefficient (Wildman–Crippen LogP) is 5.62. The summed E-state index contributed by atoms with van der Waals surface area (Å²) in [6, 6.07) is 25.0. The summed E-state index contributed by atoms with van der Waals surface area (Å²) in [7, 11) is 1.62. The second-order valence-electron chi connectivity index (χ2n) is 8.54. The van der Waals surface area contributed by atoms with Crippen LogP contribution in [0.4, 0.5) is 11.4 Å². The summed E-state index contributed by atoms with van der Waals surface area (Å²) in [5.74, 6) is 0.717. The van der Waals surface area contributed by atoms with Gasteiger partial charge in [0.15, 0.2) is 5.78 Å². The van der Waals surface area contributed by atoms with E-state index in [0.717, 1.165) is 28.2 Å². The minimum Gasteiger partial charge on any atom is -0.497 e. The molecule has 5 rings (SSSR count). The number of rotatable bonds is 3. The third kappa shape index (κ3) is 3.80. The van der Waals surface area contributed by atoms with E-state index in [1.165, 1.54) is 0 Å². The molecule has 0 spiro atoms. The summed E-state index contributed by atoms with van der Waals surface area (Å²) in [6.45, 7) is 1.55. The van der Waals surface area contributed by atoms with Gasteiger partial charge in [-0.25, -0.2) is 0 Å². The Hall–Kier alpha value is -3.86. The van der Waals surface area contributed by atoms with Gasteiger partial charge in [0.05, 0.1) is 24.5 Å². The van der Waals surface area contributed by atoms with Crippen LogP contribution >= 0.6 is 0 Å². The topological polar surface area (TPSA) is 58.6 Å². The number of para-hydroxylation sites is 2. The van der Waals surface area contributed by atoms with E-state index in [4.69, 9.17) is 4.74 Å². The summed E-state index contributed by atoms with van der Waals surface area (Å²) in [6.07, 6.45) is 1.11. The number of hydrogen-bond acceptors (Lipinski definition) is 4. The number of amides is 1. The minimum atomic E-state index is -0.534. The Morgan fingerprint density at radius 1 is 0.939 bits per heavy atom. The average Bonchev–Trinajstić information content (AvgIpc) is 2.99. The van der Waals surface area contributed by atoms with Gasteiger partial charge < -0.3 is 10.1 Å². The van der Waals surface area contributed by atoms with Crippen LogP contribution in [0.2, 0.25) is 0 Å². The Labute approximate surface area is 193 Å². The Kier molecular flexibility index (Phi) is 5.47. The molecule has 166 valence electrons. The molecule has 1 aliphatic heterocycles. The van der Waals surface area contributed by atoms with Gasteiger partial charge in [0.2, 0.25) is 5.91 Å². The number of fused-ring (bicyclic) bond motifs is 1. The van der Waals surface area contributed by atoms with Crippen LogP contribution in [0.25, 0.3) is 0 Å². The number of Topliss-reactive ketones (excluding diaryl/α,β-unsaturated/α-hetero) is 1. The lowest BCUT2D eigenvalue weighted by molar-refractivity contribution is -0.117. The molecule has 1 heterocycles. The number of nitrogens with one attached hydrogen (secondary N) is 1. The molecule has 2 atom stereocenters. The van der Waals surface area contributed by atoms with Gasteiger partial charge in [-0.1, -0.05) is 54.6 Å². The quantitative estimate of drug-likeness (QED) is 0.577.